The van der Waals surface area contributed by atoms with Crippen molar-refractivity contribution in [1.29, 1.82) is 0 Å². The lowest BCUT2D eigenvalue weighted by molar-refractivity contribution is -0.120. The number of amides is 2. The zero-order valence-electron chi connectivity index (χ0n) is 15.9. The van der Waals surface area contributed by atoms with Gasteiger partial charge in [0.15, 0.2) is 0 Å². The standard InChI is InChI=1S/C21H25F2N3O2/c1-24-19(27)9-4-2-3-5-14-25-21(28)15-10-12-16(13-11-15)26-20-17(22)7-6-8-18(20)23/h6-8,10-13,26H,2-5,9,14H2,1H3,(H,24,27)(H,25,28). The van der Waals surface area contributed by atoms with Gasteiger partial charge in [-0.3, -0.25) is 9.59 Å². The Kier molecular flexibility index (Phi) is 8.39. The fraction of sp³-hybridized carbons (Fsp3) is 0.333. The molecule has 0 bridgehead atoms. The molecule has 0 fully saturated rings. The van der Waals surface area contributed by atoms with Crippen molar-refractivity contribution in [1.82, 2.24) is 10.6 Å². The first-order chi connectivity index (χ1) is 13.5. The molecule has 2 aromatic carbocycles. The smallest absolute Gasteiger partial charge is 0.251 e. The van der Waals surface area contributed by atoms with Crippen LogP contribution in [-0.4, -0.2) is 25.4 Å². The van der Waals surface area contributed by atoms with E-state index < -0.39 is 11.6 Å². The molecule has 0 aliphatic rings. The Balaban J connectivity index is 1.74. The second kappa shape index (κ2) is 11.0. The number of hydrogen-bond acceptors (Lipinski definition) is 3. The van der Waals surface area contributed by atoms with Crippen LogP contribution in [0.25, 0.3) is 0 Å². The van der Waals surface area contributed by atoms with Gasteiger partial charge >= 0.3 is 0 Å². The normalized spacial score (nSPS) is 10.4. The lowest BCUT2D eigenvalue weighted by Gasteiger charge is -2.10. The quantitative estimate of drug-likeness (QED) is 0.535. The zero-order valence-corrected chi connectivity index (χ0v) is 15.9. The van der Waals surface area contributed by atoms with E-state index in [0.717, 1.165) is 25.7 Å². The molecular weight excluding hydrogens is 364 g/mol. The summed E-state index contributed by atoms with van der Waals surface area (Å²) in [6, 6.07) is 10.0. The third kappa shape index (κ3) is 6.64. The van der Waals surface area contributed by atoms with Crippen LogP contribution in [0.15, 0.2) is 42.5 Å². The van der Waals surface area contributed by atoms with E-state index in [9.17, 15) is 18.4 Å². The summed E-state index contributed by atoms with van der Waals surface area (Å²) < 4.78 is 27.3. The van der Waals surface area contributed by atoms with Gasteiger partial charge in [-0.25, -0.2) is 8.78 Å². The Labute approximate surface area is 163 Å². The number of halogens is 2. The van der Waals surface area contributed by atoms with E-state index in [4.69, 9.17) is 0 Å². The minimum Gasteiger partial charge on any atom is -0.359 e. The van der Waals surface area contributed by atoms with Crippen LogP contribution in [0.3, 0.4) is 0 Å². The Hall–Kier alpha value is -2.96. The third-order valence-corrected chi connectivity index (χ3v) is 4.27. The molecule has 0 saturated heterocycles. The van der Waals surface area contributed by atoms with E-state index in [1.165, 1.54) is 18.2 Å². The van der Waals surface area contributed by atoms with E-state index in [1.807, 2.05) is 0 Å². The summed E-state index contributed by atoms with van der Waals surface area (Å²) in [5.41, 5.74) is 0.729. The van der Waals surface area contributed by atoms with Gasteiger partial charge in [0.05, 0.1) is 0 Å². The van der Waals surface area contributed by atoms with Crippen LogP contribution in [0.2, 0.25) is 0 Å². The first-order valence-electron chi connectivity index (χ1n) is 9.31. The maximum atomic E-state index is 13.7. The summed E-state index contributed by atoms with van der Waals surface area (Å²) in [5.74, 6) is -1.52. The van der Waals surface area contributed by atoms with Crippen LogP contribution in [0.4, 0.5) is 20.2 Å². The fourth-order valence-electron chi connectivity index (χ4n) is 2.66. The average Bonchev–Trinajstić information content (AvgIpc) is 2.70. The second-order valence-corrected chi connectivity index (χ2v) is 6.39. The van der Waals surface area contributed by atoms with Crippen LogP contribution in [0, 0.1) is 11.6 Å². The molecule has 150 valence electrons. The molecule has 3 N–H and O–H groups in total. The van der Waals surface area contributed by atoms with Crippen molar-refractivity contribution in [2.75, 3.05) is 18.9 Å². The van der Waals surface area contributed by atoms with Crippen LogP contribution in [-0.2, 0) is 4.79 Å². The predicted molar refractivity (Wildman–Crippen MR) is 106 cm³/mol. The van der Waals surface area contributed by atoms with Crippen LogP contribution < -0.4 is 16.0 Å². The lowest BCUT2D eigenvalue weighted by atomic mass is 10.1. The summed E-state index contributed by atoms with van der Waals surface area (Å²) in [7, 11) is 1.62. The lowest BCUT2D eigenvalue weighted by Crippen LogP contribution is -2.24. The van der Waals surface area contributed by atoms with Gasteiger partial charge in [-0.1, -0.05) is 18.9 Å². The number of anilines is 2. The number of unbranched alkanes of at least 4 members (excludes halogenated alkanes) is 3. The van der Waals surface area contributed by atoms with Crippen molar-refractivity contribution in [2.45, 2.75) is 32.1 Å². The molecule has 0 aliphatic heterocycles. The number of carbonyl (C=O) groups is 2. The van der Waals surface area contributed by atoms with Crippen LogP contribution in [0.1, 0.15) is 42.5 Å². The highest BCUT2D eigenvalue weighted by Crippen LogP contribution is 2.23. The molecule has 7 heteroatoms. The van der Waals surface area contributed by atoms with Crippen LogP contribution >= 0.6 is 0 Å². The van der Waals surface area contributed by atoms with E-state index in [0.29, 0.717) is 24.2 Å². The molecule has 0 radical (unpaired) electrons. The summed E-state index contributed by atoms with van der Waals surface area (Å²) in [5, 5.41) is 8.10. The van der Waals surface area contributed by atoms with E-state index >= 15 is 0 Å². The predicted octanol–water partition coefficient (Wildman–Crippen LogP) is 4.13. The molecule has 0 atom stereocenters. The number of nitrogens with one attached hydrogen (secondary N) is 3. The third-order valence-electron chi connectivity index (χ3n) is 4.27. The Morgan fingerprint density at radius 1 is 0.893 bits per heavy atom. The molecule has 2 aromatic rings. The Morgan fingerprint density at radius 3 is 2.18 bits per heavy atom. The molecule has 0 saturated carbocycles. The monoisotopic (exact) mass is 389 g/mol. The van der Waals surface area contributed by atoms with Gasteiger partial charge in [0.25, 0.3) is 5.91 Å². The molecular formula is C21H25F2N3O2. The van der Waals surface area contributed by atoms with E-state index in [-0.39, 0.29) is 17.5 Å². The summed E-state index contributed by atoms with van der Waals surface area (Å²) in [6.45, 7) is 0.555. The van der Waals surface area contributed by atoms with Gasteiger partial charge in [0.2, 0.25) is 5.91 Å². The van der Waals surface area contributed by atoms with Crippen molar-refractivity contribution in [3.63, 3.8) is 0 Å². The summed E-state index contributed by atoms with van der Waals surface area (Å²) >= 11 is 0. The fourth-order valence-corrected chi connectivity index (χ4v) is 2.66. The van der Waals surface area contributed by atoms with Crippen molar-refractivity contribution in [3.8, 4) is 0 Å². The Morgan fingerprint density at radius 2 is 1.54 bits per heavy atom. The van der Waals surface area contributed by atoms with Crippen molar-refractivity contribution >= 4 is 23.2 Å². The van der Waals surface area contributed by atoms with Gasteiger partial charge in [-0.05, 0) is 49.2 Å². The van der Waals surface area contributed by atoms with Crippen molar-refractivity contribution in [3.05, 3.63) is 59.7 Å². The molecule has 0 aromatic heterocycles. The molecule has 0 aliphatic carbocycles. The highest BCUT2D eigenvalue weighted by Gasteiger charge is 2.09. The van der Waals surface area contributed by atoms with E-state index in [1.54, 1.807) is 31.3 Å². The highest BCUT2D eigenvalue weighted by atomic mass is 19.1. The Bertz CT molecular complexity index is 774. The molecule has 0 spiro atoms. The van der Waals surface area contributed by atoms with Crippen molar-refractivity contribution < 1.29 is 18.4 Å². The maximum Gasteiger partial charge on any atom is 0.251 e. The molecule has 0 heterocycles. The summed E-state index contributed by atoms with van der Waals surface area (Å²) in [6.07, 6.45) is 4.08. The van der Waals surface area contributed by atoms with Crippen LogP contribution in [0.5, 0.6) is 0 Å². The number of hydrogen-bond donors (Lipinski definition) is 3. The minimum absolute atomic E-state index is 0.0454. The molecule has 0 unspecified atom stereocenters. The van der Waals surface area contributed by atoms with Gasteiger partial charge in [-0.15, -0.1) is 0 Å². The SMILES string of the molecule is CNC(=O)CCCCCCNC(=O)c1ccc(Nc2c(F)cccc2F)cc1. The van der Waals surface area contributed by atoms with Crippen molar-refractivity contribution in [2.24, 2.45) is 0 Å². The molecule has 28 heavy (non-hydrogen) atoms. The first kappa shape index (κ1) is 21.3. The average molecular weight is 389 g/mol. The van der Waals surface area contributed by atoms with Gasteiger partial charge in [0, 0.05) is 31.3 Å². The number of carbonyl (C=O) groups excluding carboxylic acids is 2. The topological polar surface area (TPSA) is 70.2 Å². The minimum atomic E-state index is -0.683. The maximum absolute atomic E-state index is 13.7. The highest BCUT2D eigenvalue weighted by molar-refractivity contribution is 5.94. The molecule has 5 nitrogen and oxygen atoms in total. The largest absolute Gasteiger partial charge is 0.359 e. The van der Waals surface area contributed by atoms with Gasteiger partial charge < -0.3 is 16.0 Å². The van der Waals surface area contributed by atoms with Gasteiger partial charge in [-0.2, -0.15) is 0 Å². The zero-order chi connectivity index (χ0) is 20.4. The number of benzene rings is 2. The first-order valence-corrected chi connectivity index (χ1v) is 9.31. The molecule has 2 rings (SSSR count). The summed E-state index contributed by atoms with van der Waals surface area (Å²) in [4.78, 5) is 23.2. The number of para-hydroxylation sites is 1. The van der Waals surface area contributed by atoms with E-state index in [2.05, 4.69) is 16.0 Å². The molecule has 2 amide bonds. The second-order valence-electron chi connectivity index (χ2n) is 6.39. The number of rotatable bonds is 10. The van der Waals surface area contributed by atoms with Gasteiger partial charge in [0.1, 0.15) is 17.3 Å².